The largest absolute Gasteiger partial charge is 0.372 e. The molecule has 2 fully saturated rings. The number of amides is 1. The normalized spacial score (nSPS) is 15.9. The Hall–Kier alpha value is -3.76. The molecule has 5 heterocycles. The zero-order chi connectivity index (χ0) is 24.3. The van der Waals surface area contributed by atoms with Crippen molar-refractivity contribution in [3.63, 3.8) is 0 Å². The number of rotatable bonds is 6. The molecule has 3 aromatic heterocycles. The van der Waals surface area contributed by atoms with Crippen molar-refractivity contribution in [1.82, 2.24) is 25.1 Å². The van der Waals surface area contributed by atoms with Gasteiger partial charge in [-0.15, -0.1) is 11.3 Å². The first-order valence-electron chi connectivity index (χ1n) is 12.3. The van der Waals surface area contributed by atoms with Crippen LogP contribution in [0.2, 0.25) is 0 Å². The lowest BCUT2D eigenvalue weighted by Crippen LogP contribution is -2.43. The van der Waals surface area contributed by atoms with Crippen molar-refractivity contribution in [2.24, 2.45) is 0 Å². The molecule has 4 aromatic rings. The lowest BCUT2D eigenvalue weighted by molar-refractivity contribution is 0.102. The van der Waals surface area contributed by atoms with Crippen molar-refractivity contribution in [1.29, 1.82) is 0 Å². The van der Waals surface area contributed by atoms with Gasteiger partial charge in [0, 0.05) is 68.3 Å². The Morgan fingerprint density at radius 2 is 1.86 bits per heavy atom. The van der Waals surface area contributed by atoms with Gasteiger partial charge in [-0.1, -0.05) is 12.1 Å². The van der Waals surface area contributed by atoms with Crippen LogP contribution in [0, 0.1) is 0 Å². The fourth-order valence-electron chi connectivity index (χ4n) is 4.76. The molecule has 0 aliphatic carbocycles. The van der Waals surface area contributed by atoms with Gasteiger partial charge in [-0.25, -0.2) is 9.67 Å². The average molecular weight is 501 g/mol. The predicted molar refractivity (Wildman–Crippen MR) is 143 cm³/mol. The number of aromatic nitrogens is 4. The first kappa shape index (κ1) is 22.7. The summed E-state index contributed by atoms with van der Waals surface area (Å²) in [5.74, 6) is -0.257. The summed E-state index contributed by atoms with van der Waals surface area (Å²) in [5, 5.41) is 13.3. The molecule has 9 nitrogen and oxygen atoms in total. The lowest BCUT2D eigenvalue weighted by Gasteiger charge is -2.30. The van der Waals surface area contributed by atoms with Crippen LogP contribution in [-0.4, -0.2) is 64.9 Å². The van der Waals surface area contributed by atoms with Crippen molar-refractivity contribution in [2.45, 2.75) is 12.8 Å². The summed E-state index contributed by atoms with van der Waals surface area (Å²) in [4.78, 5) is 26.5. The second-order valence-corrected chi connectivity index (χ2v) is 9.85. The van der Waals surface area contributed by atoms with E-state index < -0.39 is 0 Å². The van der Waals surface area contributed by atoms with Crippen LogP contribution >= 0.6 is 11.3 Å². The van der Waals surface area contributed by atoms with Gasteiger partial charge in [0.25, 0.3) is 5.91 Å². The molecule has 0 spiro atoms. The molecule has 0 bridgehead atoms. The minimum atomic E-state index is -0.257. The maximum atomic E-state index is 13.0. The molecule has 10 heteroatoms. The van der Waals surface area contributed by atoms with E-state index in [1.807, 2.05) is 18.5 Å². The highest BCUT2D eigenvalue weighted by molar-refractivity contribution is 7.12. The van der Waals surface area contributed by atoms with E-state index in [0.29, 0.717) is 16.5 Å². The highest BCUT2D eigenvalue weighted by atomic mass is 32.1. The van der Waals surface area contributed by atoms with Crippen LogP contribution in [0.4, 0.5) is 17.1 Å². The molecule has 0 unspecified atom stereocenters. The summed E-state index contributed by atoms with van der Waals surface area (Å²) in [6.07, 6.45) is 9.76. The number of hydrogen-bond donors (Lipinski definition) is 2. The van der Waals surface area contributed by atoms with Gasteiger partial charge in [0.1, 0.15) is 5.69 Å². The van der Waals surface area contributed by atoms with E-state index in [4.69, 9.17) is 0 Å². The Morgan fingerprint density at radius 1 is 1.00 bits per heavy atom. The third-order valence-corrected chi connectivity index (χ3v) is 7.49. The molecule has 2 saturated heterocycles. The van der Waals surface area contributed by atoms with Gasteiger partial charge in [-0.05, 0) is 36.6 Å². The average Bonchev–Trinajstić information content (AvgIpc) is 3.71. The summed E-state index contributed by atoms with van der Waals surface area (Å²) in [7, 11) is 0. The van der Waals surface area contributed by atoms with Crippen molar-refractivity contribution >= 4 is 34.3 Å². The van der Waals surface area contributed by atoms with Gasteiger partial charge in [0.05, 0.1) is 23.8 Å². The Labute approximate surface area is 213 Å². The zero-order valence-electron chi connectivity index (χ0n) is 19.9. The smallest absolute Gasteiger partial charge is 0.275 e. The van der Waals surface area contributed by atoms with Gasteiger partial charge in [0.15, 0.2) is 0 Å². The number of thiazole rings is 1. The number of pyridine rings is 1. The molecule has 6 rings (SSSR count). The maximum Gasteiger partial charge on any atom is 0.275 e. The molecule has 0 radical (unpaired) electrons. The molecule has 1 amide bonds. The van der Waals surface area contributed by atoms with Crippen molar-refractivity contribution in [2.75, 3.05) is 54.4 Å². The van der Waals surface area contributed by atoms with Crippen LogP contribution < -0.4 is 20.4 Å². The SMILES string of the molecule is O=C(Nc1cnccc1N1CCNCC1)c1csc(-n2cc(-c3cccc(N4CCCC4)c3)cn2)n1. The van der Waals surface area contributed by atoms with Gasteiger partial charge in [0.2, 0.25) is 5.13 Å². The van der Waals surface area contributed by atoms with E-state index in [1.54, 1.807) is 22.5 Å². The summed E-state index contributed by atoms with van der Waals surface area (Å²) >= 11 is 1.39. The molecular weight excluding hydrogens is 472 g/mol. The Balaban J connectivity index is 1.18. The van der Waals surface area contributed by atoms with Crippen LogP contribution in [0.25, 0.3) is 16.3 Å². The van der Waals surface area contributed by atoms with E-state index in [2.05, 4.69) is 59.8 Å². The lowest BCUT2D eigenvalue weighted by atomic mass is 10.1. The summed E-state index contributed by atoms with van der Waals surface area (Å²) in [6, 6.07) is 10.5. The van der Waals surface area contributed by atoms with E-state index in [9.17, 15) is 4.79 Å². The maximum absolute atomic E-state index is 13.0. The molecule has 2 N–H and O–H groups in total. The van der Waals surface area contributed by atoms with E-state index in [-0.39, 0.29) is 5.91 Å². The topological polar surface area (TPSA) is 91.2 Å². The molecule has 2 aliphatic heterocycles. The van der Waals surface area contributed by atoms with Crippen molar-refractivity contribution in [3.8, 4) is 16.3 Å². The van der Waals surface area contributed by atoms with E-state index in [1.165, 1.54) is 29.9 Å². The number of nitrogens with one attached hydrogen (secondary N) is 2. The molecule has 0 atom stereocenters. The second-order valence-electron chi connectivity index (χ2n) is 9.02. The summed E-state index contributed by atoms with van der Waals surface area (Å²) in [6.45, 7) is 5.83. The fourth-order valence-corrected chi connectivity index (χ4v) is 5.49. The standard InChI is InChI=1S/C26H28N8OS/c35-25(30-22-16-28-7-6-24(22)33-12-8-27-9-13-33)23-18-36-26(31-23)34-17-20(15-29-34)19-4-3-5-21(14-19)32-10-1-2-11-32/h3-7,14-18,27H,1-2,8-13H2,(H,30,35). The quantitative estimate of drug-likeness (QED) is 0.418. The number of nitrogens with zero attached hydrogens (tertiary/aromatic N) is 6. The van der Waals surface area contributed by atoms with Crippen LogP contribution in [0.15, 0.2) is 60.5 Å². The Kier molecular flexibility index (Phi) is 6.35. The monoisotopic (exact) mass is 500 g/mol. The first-order valence-corrected chi connectivity index (χ1v) is 13.2. The van der Waals surface area contributed by atoms with E-state index >= 15 is 0 Å². The number of piperazine rings is 1. The third kappa shape index (κ3) is 4.69. The highest BCUT2D eigenvalue weighted by Gasteiger charge is 2.19. The fraction of sp³-hybridized carbons (Fsp3) is 0.308. The number of anilines is 3. The van der Waals surface area contributed by atoms with Gasteiger partial charge in [-0.3, -0.25) is 9.78 Å². The Morgan fingerprint density at radius 3 is 2.72 bits per heavy atom. The first-order chi connectivity index (χ1) is 17.7. The van der Waals surface area contributed by atoms with Crippen LogP contribution in [0.3, 0.4) is 0 Å². The number of carbonyl (C=O) groups is 1. The number of hydrogen-bond acceptors (Lipinski definition) is 8. The number of carbonyl (C=O) groups excluding carboxylic acids is 1. The molecular formula is C26H28N8OS. The predicted octanol–water partition coefficient (Wildman–Crippen LogP) is 3.65. The third-order valence-electron chi connectivity index (χ3n) is 6.66. The van der Waals surface area contributed by atoms with Gasteiger partial charge in [-0.2, -0.15) is 5.10 Å². The molecule has 184 valence electrons. The summed E-state index contributed by atoms with van der Waals surface area (Å²) in [5.41, 5.74) is 5.42. The van der Waals surface area contributed by atoms with Gasteiger partial charge >= 0.3 is 0 Å². The van der Waals surface area contributed by atoms with Crippen LogP contribution in [-0.2, 0) is 0 Å². The van der Waals surface area contributed by atoms with Crippen LogP contribution in [0.5, 0.6) is 0 Å². The van der Waals surface area contributed by atoms with Gasteiger partial charge < -0.3 is 20.4 Å². The minimum absolute atomic E-state index is 0.257. The Bertz CT molecular complexity index is 1350. The van der Waals surface area contributed by atoms with Crippen molar-refractivity contribution in [3.05, 3.63) is 66.2 Å². The summed E-state index contributed by atoms with van der Waals surface area (Å²) < 4.78 is 1.73. The molecule has 36 heavy (non-hydrogen) atoms. The van der Waals surface area contributed by atoms with Crippen LogP contribution in [0.1, 0.15) is 23.3 Å². The second kappa shape index (κ2) is 10.1. The van der Waals surface area contributed by atoms with Crippen molar-refractivity contribution < 1.29 is 4.79 Å². The highest BCUT2D eigenvalue weighted by Crippen LogP contribution is 2.28. The molecule has 0 saturated carbocycles. The zero-order valence-corrected chi connectivity index (χ0v) is 20.7. The minimum Gasteiger partial charge on any atom is -0.372 e. The molecule has 2 aliphatic rings. The molecule has 1 aromatic carbocycles. The van der Waals surface area contributed by atoms with E-state index in [0.717, 1.165) is 56.1 Å². The number of benzene rings is 1.